The molecule has 2 aromatic heterocycles. The van der Waals surface area contributed by atoms with Gasteiger partial charge in [0.15, 0.2) is 11.6 Å². The van der Waals surface area contributed by atoms with Crippen molar-refractivity contribution in [3.8, 4) is 17.0 Å². The summed E-state index contributed by atoms with van der Waals surface area (Å²) in [4.78, 5) is 20.0. The molecule has 1 atom stereocenters. The minimum atomic E-state index is -2.79. The molecular weight excluding hydrogens is 437 g/mol. The molecule has 7 nitrogen and oxygen atoms in total. The molecule has 10 heteroatoms. The number of rotatable bonds is 8. The predicted octanol–water partition coefficient (Wildman–Crippen LogP) is 4.77. The Morgan fingerprint density at radius 3 is 2.82 bits per heavy atom. The molecule has 0 bridgehead atoms. The molecule has 3 heterocycles. The molecule has 3 N–H and O–H groups in total. The van der Waals surface area contributed by atoms with Crippen molar-refractivity contribution in [1.82, 2.24) is 15.3 Å². The van der Waals surface area contributed by atoms with Crippen molar-refractivity contribution in [2.45, 2.75) is 18.8 Å². The zero-order valence-corrected chi connectivity index (χ0v) is 18.0. The number of carbonyl (C=O) groups excluding carboxylic acids is 1. The standard InChI is InChI=1S/C23H23F3N4O3/c1-32-9-7-12-10-28-23(31)17-18(12)30-19(13-6-8-27-11-14(13)22(25)26)20(17)29-16-5-3-4-15(24)21(16)33-2/h3-6,8,11-12,22,29-30H,7,9-10H2,1-2H3,(H,28,31). The zero-order chi connectivity index (χ0) is 23.5. The number of nitrogens with zero attached hydrogens (tertiary/aromatic N) is 1. The van der Waals surface area contributed by atoms with Crippen LogP contribution in [0.25, 0.3) is 11.3 Å². The minimum Gasteiger partial charge on any atom is -0.492 e. The van der Waals surface area contributed by atoms with Crippen LogP contribution in [-0.2, 0) is 4.74 Å². The Bertz CT molecular complexity index is 1170. The van der Waals surface area contributed by atoms with E-state index in [4.69, 9.17) is 9.47 Å². The molecule has 3 aromatic rings. The second-order valence-electron chi connectivity index (χ2n) is 7.56. The van der Waals surface area contributed by atoms with E-state index in [2.05, 4.69) is 20.6 Å². The fourth-order valence-corrected chi connectivity index (χ4v) is 4.06. The molecule has 0 radical (unpaired) electrons. The third kappa shape index (κ3) is 4.25. The number of carbonyl (C=O) groups is 1. The zero-order valence-electron chi connectivity index (χ0n) is 18.0. The smallest absolute Gasteiger partial charge is 0.265 e. The van der Waals surface area contributed by atoms with Gasteiger partial charge in [-0.3, -0.25) is 9.78 Å². The summed E-state index contributed by atoms with van der Waals surface area (Å²) in [6.07, 6.45) is 0.304. The van der Waals surface area contributed by atoms with E-state index in [1.807, 2.05) is 0 Å². The highest BCUT2D eigenvalue weighted by molar-refractivity contribution is 6.06. The highest BCUT2D eigenvalue weighted by Crippen LogP contribution is 2.44. The number of fused-ring (bicyclic) bond motifs is 1. The molecule has 33 heavy (non-hydrogen) atoms. The molecule has 1 unspecified atom stereocenters. The van der Waals surface area contributed by atoms with Gasteiger partial charge in [-0.2, -0.15) is 0 Å². The summed E-state index contributed by atoms with van der Waals surface area (Å²) in [5.41, 5.74) is 1.55. The molecule has 0 aliphatic carbocycles. The van der Waals surface area contributed by atoms with E-state index in [1.54, 1.807) is 13.2 Å². The Morgan fingerprint density at radius 2 is 2.09 bits per heavy atom. The number of aromatic nitrogens is 2. The maximum absolute atomic E-state index is 14.3. The van der Waals surface area contributed by atoms with Crippen LogP contribution in [0, 0.1) is 5.82 Å². The average molecular weight is 460 g/mol. The van der Waals surface area contributed by atoms with Gasteiger partial charge in [-0.1, -0.05) is 6.07 Å². The third-order valence-corrected chi connectivity index (χ3v) is 5.63. The summed E-state index contributed by atoms with van der Waals surface area (Å²) in [6, 6.07) is 5.75. The lowest BCUT2D eigenvalue weighted by Crippen LogP contribution is -2.35. The fourth-order valence-electron chi connectivity index (χ4n) is 4.06. The van der Waals surface area contributed by atoms with Crippen molar-refractivity contribution in [3.63, 3.8) is 0 Å². The van der Waals surface area contributed by atoms with Crippen LogP contribution >= 0.6 is 0 Å². The monoisotopic (exact) mass is 460 g/mol. The van der Waals surface area contributed by atoms with Gasteiger partial charge in [0.2, 0.25) is 0 Å². The lowest BCUT2D eigenvalue weighted by molar-refractivity contribution is 0.0935. The number of nitrogens with one attached hydrogen (secondary N) is 3. The average Bonchev–Trinajstić information content (AvgIpc) is 3.19. The first-order valence-electron chi connectivity index (χ1n) is 10.3. The molecule has 4 rings (SSSR count). The molecule has 0 spiro atoms. The SMILES string of the molecule is COCCC1CNC(=O)c2c1[nH]c(-c1ccncc1C(F)F)c2Nc1cccc(F)c1OC. The Balaban J connectivity index is 1.94. The Kier molecular flexibility index (Phi) is 6.55. The van der Waals surface area contributed by atoms with Crippen LogP contribution in [0.2, 0.25) is 0 Å². The number of para-hydroxylation sites is 1. The largest absolute Gasteiger partial charge is 0.492 e. The summed E-state index contributed by atoms with van der Waals surface area (Å²) < 4.78 is 52.3. The van der Waals surface area contributed by atoms with E-state index in [1.165, 1.54) is 31.5 Å². The number of hydrogen-bond acceptors (Lipinski definition) is 5. The van der Waals surface area contributed by atoms with Gasteiger partial charge in [-0.25, -0.2) is 13.2 Å². The van der Waals surface area contributed by atoms with Gasteiger partial charge in [0.25, 0.3) is 12.3 Å². The highest BCUT2D eigenvalue weighted by Gasteiger charge is 2.34. The van der Waals surface area contributed by atoms with E-state index in [9.17, 15) is 18.0 Å². The summed E-state index contributed by atoms with van der Waals surface area (Å²) in [5.74, 6) is -1.16. The molecule has 174 valence electrons. The lowest BCUT2D eigenvalue weighted by atomic mass is 9.93. The maximum Gasteiger partial charge on any atom is 0.265 e. The van der Waals surface area contributed by atoms with Gasteiger partial charge >= 0.3 is 0 Å². The van der Waals surface area contributed by atoms with E-state index in [0.717, 1.165) is 6.20 Å². The summed E-state index contributed by atoms with van der Waals surface area (Å²) in [6.45, 7) is 0.822. The summed E-state index contributed by atoms with van der Waals surface area (Å²) >= 11 is 0. The Morgan fingerprint density at radius 1 is 1.27 bits per heavy atom. The second-order valence-corrected chi connectivity index (χ2v) is 7.56. The van der Waals surface area contributed by atoms with Gasteiger partial charge in [0.1, 0.15) is 0 Å². The van der Waals surface area contributed by atoms with Crippen LogP contribution in [-0.4, -0.2) is 43.2 Å². The number of halogens is 3. The van der Waals surface area contributed by atoms with Crippen molar-refractivity contribution in [2.75, 3.05) is 32.7 Å². The summed E-state index contributed by atoms with van der Waals surface area (Å²) in [5, 5.41) is 5.90. The van der Waals surface area contributed by atoms with Crippen LogP contribution in [0.1, 0.15) is 40.4 Å². The van der Waals surface area contributed by atoms with Crippen LogP contribution in [0.3, 0.4) is 0 Å². The van der Waals surface area contributed by atoms with Crippen molar-refractivity contribution in [2.24, 2.45) is 0 Å². The molecule has 1 aliphatic heterocycles. The number of benzene rings is 1. The molecule has 0 fully saturated rings. The molecule has 0 saturated carbocycles. The van der Waals surface area contributed by atoms with E-state index in [-0.39, 0.29) is 51.3 Å². The number of amides is 1. The quantitative estimate of drug-likeness (QED) is 0.451. The molecule has 1 aliphatic rings. The number of methoxy groups -OCH3 is 2. The maximum atomic E-state index is 14.3. The highest BCUT2D eigenvalue weighted by atomic mass is 19.3. The Hall–Kier alpha value is -3.53. The van der Waals surface area contributed by atoms with Crippen molar-refractivity contribution in [3.05, 3.63) is 59.3 Å². The van der Waals surface area contributed by atoms with Gasteiger partial charge in [0.05, 0.1) is 29.7 Å². The van der Waals surface area contributed by atoms with Gasteiger partial charge in [-0.15, -0.1) is 0 Å². The second kappa shape index (κ2) is 9.53. The first-order valence-corrected chi connectivity index (χ1v) is 10.3. The minimum absolute atomic E-state index is 0.0608. The first kappa shape index (κ1) is 22.7. The number of aromatic amines is 1. The number of H-pyrrole nitrogens is 1. The molecular formula is C23H23F3N4O3. The van der Waals surface area contributed by atoms with Crippen molar-refractivity contribution < 1.29 is 27.4 Å². The first-order chi connectivity index (χ1) is 16.0. The fraction of sp³-hybridized carbons (Fsp3) is 0.304. The van der Waals surface area contributed by atoms with Gasteiger partial charge < -0.3 is 25.1 Å². The lowest BCUT2D eigenvalue weighted by Gasteiger charge is -2.23. The summed E-state index contributed by atoms with van der Waals surface area (Å²) in [7, 11) is 2.90. The third-order valence-electron chi connectivity index (χ3n) is 5.63. The van der Waals surface area contributed by atoms with Crippen molar-refractivity contribution in [1.29, 1.82) is 0 Å². The van der Waals surface area contributed by atoms with Crippen molar-refractivity contribution >= 4 is 17.3 Å². The number of alkyl halides is 2. The van der Waals surface area contributed by atoms with Crippen LogP contribution in [0.15, 0.2) is 36.7 Å². The van der Waals surface area contributed by atoms with E-state index < -0.39 is 12.2 Å². The number of anilines is 2. The Labute approximate surface area is 188 Å². The predicted molar refractivity (Wildman–Crippen MR) is 117 cm³/mol. The number of hydrogen-bond donors (Lipinski definition) is 3. The topological polar surface area (TPSA) is 88.3 Å². The van der Waals surface area contributed by atoms with Crippen LogP contribution < -0.4 is 15.4 Å². The van der Waals surface area contributed by atoms with Gasteiger partial charge in [-0.05, 0) is 24.6 Å². The normalized spacial score (nSPS) is 15.3. The van der Waals surface area contributed by atoms with Crippen LogP contribution in [0.5, 0.6) is 5.75 Å². The molecule has 1 amide bonds. The molecule has 1 aromatic carbocycles. The van der Waals surface area contributed by atoms with E-state index >= 15 is 0 Å². The molecule has 0 saturated heterocycles. The number of ether oxygens (including phenoxy) is 2. The van der Waals surface area contributed by atoms with E-state index in [0.29, 0.717) is 25.3 Å². The van der Waals surface area contributed by atoms with Crippen LogP contribution in [0.4, 0.5) is 24.5 Å². The van der Waals surface area contributed by atoms with Gasteiger partial charge in [0, 0.05) is 55.4 Å². The number of pyridine rings is 1.